The molecule has 0 radical (unpaired) electrons. The fourth-order valence-corrected chi connectivity index (χ4v) is 6.56. The molecular weight excluding hydrogens is 881 g/mol. The van der Waals surface area contributed by atoms with Gasteiger partial charge in [-0.3, -0.25) is 38.4 Å². The number of carbonyl (C=O) groups excluding carboxylic acids is 7. The highest BCUT2D eigenvalue weighted by Crippen LogP contribution is 2.13. The maximum atomic E-state index is 14.0. The topological polar surface area (TPSA) is 345 Å². The molecule has 2 rings (SSSR count). The van der Waals surface area contributed by atoms with Crippen LogP contribution in [0.25, 0.3) is 0 Å². The average Bonchev–Trinajstić information content (AvgIpc) is 3.27. The summed E-state index contributed by atoms with van der Waals surface area (Å²) in [6.45, 7) is 7.44. The lowest BCUT2D eigenvalue weighted by molar-refractivity contribution is -0.142. The highest BCUT2D eigenvalue weighted by molar-refractivity contribution is 7.80. The van der Waals surface area contributed by atoms with Crippen molar-refractivity contribution in [3.63, 3.8) is 0 Å². The molecule has 0 fully saturated rings. The Morgan fingerprint density at radius 2 is 1.05 bits per heavy atom. The largest absolute Gasteiger partial charge is 0.508 e. The van der Waals surface area contributed by atoms with E-state index >= 15 is 0 Å². The highest BCUT2D eigenvalue weighted by atomic mass is 32.1. The minimum atomic E-state index is -1.72. The smallest absolute Gasteiger partial charge is 0.326 e. The van der Waals surface area contributed by atoms with Crippen molar-refractivity contribution < 1.29 is 63.6 Å². The summed E-state index contributed by atoms with van der Waals surface area (Å²) < 4.78 is 0. The number of carboxylic acids is 2. The van der Waals surface area contributed by atoms with E-state index in [9.17, 15) is 63.6 Å². The van der Waals surface area contributed by atoms with Crippen molar-refractivity contribution in [3.8, 4) is 5.75 Å². The number of thiol groups is 1. The second-order valence-corrected chi connectivity index (χ2v) is 16.7. The maximum Gasteiger partial charge on any atom is 0.326 e. The van der Waals surface area contributed by atoms with Gasteiger partial charge in [0.15, 0.2) is 0 Å². The molecule has 0 heterocycles. The number of aliphatic hydroxyl groups is 1. The van der Waals surface area contributed by atoms with E-state index in [0.29, 0.717) is 17.5 Å². The number of nitrogens with one attached hydrogen (secondary N) is 7. The Labute approximate surface area is 388 Å². The van der Waals surface area contributed by atoms with Crippen LogP contribution >= 0.6 is 12.6 Å². The van der Waals surface area contributed by atoms with Crippen LogP contribution in [0.15, 0.2) is 54.6 Å². The molecule has 21 nitrogen and oxygen atoms in total. The maximum absolute atomic E-state index is 14.0. The molecule has 0 spiro atoms. The van der Waals surface area contributed by atoms with E-state index in [0.717, 1.165) is 0 Å². The quantitative estimate of drug-likeness (QED) is 0.0450. The van der Waals surface area contributed by atoms with Crippen molar-refractivity contribution >= 4 is 65.9 Å². The van der Waals surface area contributed by atoms with Crippen molar-refractivity contribution in [2.45, 2.75) is 121 Å². The third-order valence-electron chi connectivity index (χ3n) is 10.5. The number of amides is 7. The first-order valence-corrected chi connectivity index (χ1v) is 22.1. The molecule has 0 aliphatic carbocycles. The summed E-state index contributed by atoms with van der Waals surface area (Å²) in [4.78, 5) is 118. The van der Waals surface area contributed by atoms with Crippen molar-refractivity contribution in [2.75, 3.05) is 12.4 Å². The first kappa shape index (κ1) is 55.9. The van der Waals surface area contributed by atoms with Crippen molar-refractivity contribution in [2.24, 2.45) is 17.6 Å². The summed E-state index contributed by atoms with van der Waals surface area (Å²) in [5, 5.41) is 56.1. The standard InChI is InChI=1S/C44H64N8O13S/c1-6-24(4)36(45)43(63)49-30(19-26-10-8-7-9-11-26)39(59)46-25(5)37(57)51-33(21-53)41(61)48-31(20-27-12-14-28(54)15-13-27)40(60)47-29(16-17-35(55)56)38(58)52-34(22-66)42(62)50-32(44(64)65)18-23(2)3/h7-15,23-25,29-34,36,53-54,66H,6,16-22,45H2,1-5H3,(H,46,59)(H,47,60)(H,48,61)(H,49,63)(H,50,62)(H,51,57)(H,52,58)(H,55,56)(H,64,65)/t24-,25-,29-,30-,31-,32-,33-,34-,36-/m0/s1. The Kier molecular flexibility index (Phi) is 23.6. The second-order valence-electron chi connectivity index (χ2n) is 16.3. The lowest BCUT2D eigenvalue weighted by atomic mass is 9.98. The monoisotopic (exact) mass is 944 g/mol. The third-order valence-corrected chi connectivity index (χ3v) is 10.8. The molecule has 7 amide bonds. The number of phenols is 1. The number of aliphatic hydroxyl groups excluding tert-OH is 1. The van der Waals surface area contributed by atoms with Gasteiger partial charge in [0.1, 0.15) is 48.0 Å². The number of nitrogens with two attached hydrogens (primary N) is 1. The van der Waals surface area contributed by atoms with Crippen LogP contribution in [0.1, 0.15) is 71.4 Å². The number of hydrogen-bond acceptors (Lipinski definition) is 13. The molecule has 0 bridgehead atoms. The number of benzene rings is 2. The molecule has 66 heavy (non-hydrogen) atoms. The van der Waals surface area contributed by atoms with Gasteiger partial charge in [-0.05, 0) is 54.9 Å². The van der Waals surface area contributed by atoms with Crippen LogP contribution in [-0.2, 0) is 56.0 Å². The Bertz CT molecular complexity index is 1970. The van der Waals surface area contributed by atoms with Gasteiger partial charge in [0.25, 0.3) is 0 Å². The predicted molar refractivity (Wildman–Crippen MR) is 243 cm³/mol. The zero-order valence-corrected chi connectivity index (χ0v) is 38.5. The molecule has 0 aliphatic heterocycles. The van der Waals surface area contributed by atoms with Crippen molar-refractivity contribution in [1.29, 1.82) is 0 Å². The van der Waals surface area contributed by atoms with Crippen LogP contribution < -0.4 is 43.0 Å². The van der Waals surface area contributed by atoms with E-state index in [-0.39, 0.29) is 42.6 Å². The Morgan fingerprint density at radius 1 is 0.591 bits per heavy atom. The van der Waals surface area contributed by atoms with E-state index in [1.165, 1.54) is 31.2 Å². The summed E-state index contributed by atoms with van der Waals surface area (Å²) in [5.74, 6) is -9.76. The van der Waals surface area contributed by atoms with Crippen LogP contribution in [0.4, 0.5) is 0 Å². The van der Waals surface area contributed by atoms with Gasteiger partial charge in [-0.15, -0.1) is 0 Å². The summed E-state index contributed by atoms with van der Waals surface area (Å²) in [7, 11) is 0. The minimum Gasteiger partial charge on any atom is -0.508 e. The Hall–Kier alpha value is -6.26. The fraction of sp³-hybridized carbons (Fsp3) is 0.523. The summed E-state index contributed by atoms with van der Waals surface area (Å²) in [6, 6.07) is 3.16. The minimum absolute atomic E-state index is 0.0434. The zero-order valence-electron chi connectivity index (χ0n) is 37.6. The first-order valence-electron chi connectivity index (χ1n) is 21.5. The van der Waals surface area contributed by atoms with Crippen LogP contribution in [0.3, 0.4) is 0 Å². The van der Waals surface area contributed by atoms with Gasteiger partial charge in [-0.1, -0.05) is 76.6 Å². The molecule has 0 unspecified atom stereocenters. The molecular formula is C44H64N8O13S. The molecule has 364 valence electrons. The van der Waals surface area contributed by atoms with Gasteiger partial charge < -0.3 is 63.4 Å². The van der Waals surface area contributed by atoms with Crippen molar-refractivity contribution in [1.82, 2.24) is 37.2 Å². The summed E-state index contributed by atoms with van der Waals surface area (Å²) in [6.07, 6.45) is -0.725. The number of carboxylic acid groups (broad SMARTS) is 2. The van der Waals surface area contributed by atoms with Crippen LogP contribution in [-0.4, -0.2) is 134 Å². The molecule has 9 atom stereocenters. The van der Waals surface area contributed by atoms with Gasteiger partial charge in [-0.25, -0.2) is 4.79 Å². The molecule has 22 heteroatoms. The van der Waals surface area contributed by atoms with E-state index in [1.54, 1.807) is 51.1 Å². The van der Waals surface area contributed by atoms with Gasteiger partial charge in [0.05, 0.1) is 12.6 Å². The Balaban J connectivity index is 2.31. The number of rotatable bonds is 28. The highest BCUT2D eigenvalue weighted by Gasteiger charge is 2.34. The zero-order chi connectivity index (χ0) is 49.7. The lowest BCUT2D eigenvalue weighted by Gasteiger charge is -2.27. The Morgan fingerprint density at radius 3 is 1.56 bits per heavy atom. The van der Waals surface area contributed by atoms with Gasteiger partial charge >= 0.3 is 11.9 Å². The molecule has 0 saturated carbocycles. The number of phenolic OH excluding ortho intramolecular Hbond substituents is 1. The first-order chi connectivity index (χ1) is 31.1. The molecule has 13 N–H and O–H groups in total. The second kappa shape index (κ2) is 27.9. The number of carbonyl (C=O) groups is 9. The normalized spacial score (nSPS) is 15.2. The third kappa shape index (κ3) is 19.1. The van der Waals surface area contributed by atoms with Crippen LogP contribution in [0, 0.1) is 11.8 Å². The van der Waals surface area contributed by atoms with Crippen molar-refractivity contribution in [3.05, 3.63) is 65.7 Å². The number of aliphatic carboxylic acids is 2. The SMILES string of the molecule is CC[C@H](C)[C@H](N)C(=O)N[C@@H](Cc1ccccc1)C(=O)N[C@@H](C)C(=O)N[C@@H](CO)C(=O)N[C@@H](Cc1ccc(O)cc1)C(=O)N[C@@H](CCC(=O)O)C(=O)N[C@@H](CS)C(=O)N[C@@H](CC(C)C)C(=O)O. The average molecular weight is 945 g/mol. The summed E-state index contributed by atoms with van der Waals surface area (Å²) >= 11 is 4.10. The molecule has 0 aliphatic rings. The van der Waals surface area contributed by atoms with Crippen LogP contribution in [0.2, 0.25) is 0 Å². The van der Waals surface area contributed by atoms with E-state index < -0.39 is 121 Å². The van der Waals surface area contributed by atoms with E-state index in [1.807, 2.05) is 6.92 Å². The van der Waals surface area contributed by atoms with Crippen LogP contribution in [0.5, 0.6) is 5.75 Å². The lowest BCUT2D eigenvalue weighted by Crippen LogP contribution is -2.61. The molecule has 0 aromatic heterocycles. The summed E-state index contributed by atoms with van der Waals surface area (Å²) in [5.41, 5.74) is 7.19. The molecule has 2 aromatic carbocycles. The molecule has 2 aromatic rings. The fourth-order valence-electron chi connectivity index (χ4n) is 6.30. The van der Waals surface area contributed by atoms with Gasteiger partial charge in [-0.2, -0.15) is 12.6 Å². The van der Waals surface area contributed by atoms with E-state index in [4.69, 9.17) is 5.73 Å². The molecule has 0 saturated heterocycles. The number of hydrogen-bond donors (Lipinski definition) is 13. The van der Waals surface area contributed by atoms with Gasteiger partial charge in [0.2, 0.25) is 41.4 Å². The van der Waals surface area contributed by atoms with E-state index in [2.05, 4.69) is 49.8 Å². The number of aromatic hydroxyl groups is 1. The van der Waals surface area contributed by atoms with Gasteiger partial charge in [0, 0.05) is 25.0 Å². The predicted octanol–water partition coefficient (Wildman–Crippen LogP) is -1.12.